The fourth-order valence-corrected chi connectivity index (χ4v) is 4.02. The summed E-state index contributed by atoms with van der Waals surface area (Å²) in [7, 11) is 0. The summed E-state index contributed by atoms with van der Waals surface area (Å²) < 4.78 is 17.5. The Morgan fingerprint density at radius 1 is 0.857 bits per heavy atom. The van der Waals surface area contributed by atoms with Crippen molar-refractivity contribution in [2.45, 2.75) is 26.4 Å². The van der Waals surface area contributed by atoms with Crippen molar-refractivity contribution < 1.29 is 19.0 Å². The van der Waals surface area contributed by atoms with Crippen molar-refractivity contribution in [2.24, 2.45) is 0 Å². The van der Waals surface area contributed by atoms with Crippen LogP contribution in [0.4, 0.5) is 0 Å². The molecule has 0 saturated carbocycles. The van der Waals surface area contributed by atoms with Gasteiger partial charge in [0.25, 0.3) is 0 Å². The highest BCUT2D eigenvalue weighted by molar-refractivity contribution is 9.10. The van der Waals surface area contributed by atoms with Gasteiger partial charge in [0.1, 0.15) is 12.4 Å². The fraction of sp³-hybridized carbons (Fsp3) is 0.233. The summed E-state index contributed by atoms with van der Waals surface area (Å²) in [5.41, 5.74) is 4.36. The van der Waals surface area contributed by atoms with E-state index in [9.17, 15) is 4.79 Å². The molecule has 1 atom stereocenters. The molecule has 0 amide bonds. The highest BCUT2D eigenvalue weighted by Crippen LogP contribution is 2.20. The lowest BCUT2D eigenvalue weighted by molar-refractivity contribution is -0.156. The maximum atomic E-state index is 12.1. The van der Waals surface area contributed by atoms with Crippen LogP contribution in [0.15, 0.2) is 83.3 Å². The van der Waals surface area contributed by atoms with Crippen molar-refractivity contribution in [3.63, 3.8) is 0 Å². The number of hydrogen-bond donors (Lipinski definition) is 0. The Kier molecular flexibility index (Phi) is 10.8. The van der Waals surface area contributed by atoms with Crippen LogP contribution in [0.5, 0.6) is 5.75 Å². The van der Waals surface area contributed by atoms with E-state index in [-0.39, 0.29) is 5.97 Å². The van der Waals surface area contributed by atoms with Gasteiger partial charge < -0.3 is 14.2 Å². The number of carbonyl (C=O) groups excluding carboxylic acids is 1. The molecule has 0 spiro atoms. The van der Waals surface area contributed by atoms with Crippen LogP contribution >= 0.6 is 15.9 Å². The molecule has 35 heavy (non-hydrogen) atoms. The second-order valence-corrected chi connectivity index (χ2v) is 8.74. The van der Waals surface area contributed by atoms with Crippen molar-refractivity contribution in [3.8, 4) is 5.75 Å². The summed E-state index contributed by atoms with van der Waals surface area (Å²) in [5, 5.41) is 0. The Balaban J connectivity index is 1.54. The van der Waals surface area contributed by atoms with Crippen molar-refractivity contribution in [1.82, 2.24) is 0 Å². The molecule has 0 heterocycles. The first-order valence-electron chi connectivity index (χ1n) is 11.8. The van der Waals surface area contributed by atoms with Crippen molar-refractivity contribution in [1.29, 1.82) is 0 Å². The quantitative estimate of drug-likeness (QED) is 0.181. The summed E-state index contributed by atoms with van der Waals surface area (Å²) in [6.45, 7) is 4.91. The second kappa shape index (κ2) is 14.3. The largest absolute Gasteiger partial charge is 0.490 e. The van der Waals surface area contributed by atoms with Gasteiger partial charge in [0.05, 0.1) is 6.61 Å². The third-order valence-corrected chi connectivity index (χ3v) is 5.59. The van der Waals surface area contributed by atoms with Gasteiger partial charge in [0.2, 0.25) is 0 Å². The predicted molar refractivity (Wildman–Crippen MR) is 146 cm³/mol. The van der Waals surface area contributed by atoms with E-state index in [2.05, 4.69) is 58.4 Å². The van der Waals surface area contributed by atoms with Crippen LogP contribution in [0.2, 0.25) is 0 Å². The molecule has 0 N–H and O–H groups in total. The van der Waals surface area contributed by atoms with Crippen LogP contribution in [0.25, 0.3) is 18.2 Å². The van der Waals surface area contributed by atoms with Crippen molar-refractivity contribution in [3.05, 3.63) is 106 Å². The van der Waals surface area contributed by atoms with E-state index in [1.54, 1.807) is 6.92 Å². The van der Waals surface area contributed by atoms with Crippen LogP contribution in [0.1, 0.15) is 36.1 Å². The molecule has 0 bridgehead atoms. The Morgan fingerprint density at radius 2 is 1.54 bits per heavy atom. The SMILES string of the molecule is CCOC(=O)[C@H](Cc1ccc(OCC=Cc2cc(Br)cc(C=Cc3ccccc3)c2)cc1)OCC. The lowest BCUT2D eigenvalue weighted by atomic mass is 10.1. The van der Waals surface area contributed by atoms with E-state index < -0.39 is 6.10 Å². The topological polar surface area (TPSA) is 44.8 Å². The number of esters is 1. The van der Waals surface area contributed by atoms with E-state index in [0.29, 0.717) is 26.2 Å². The molecule has 5 heteroatoms. The first kappa shape index (κ1) is 26.5. The molecule has 0 aromatic heterocycles. The average molecular weight is 535 g/mol. The van der Waals surface area contributed by atoms with Crippen LogP contribution in [0.3, 0.4) is 0 Å². The molecule has 182 valence electrons. The predicted octanol–water partition coefficient (Wildman–Crippen LogP) is 7.22. The Hall–Kier alpha value is -3.15. The van der Waals surface area contributed by atoms with Gasteiger partial charge >= 0.3 is 5.97 Å². The normalized spacial score (nSPS) is 12.2. The summed E-state index contributed by atoms with van der Waals surface area (Å²) in [5.74, 6) is 0.439. The van der Waals surface area contributed by atoms with Crippen LogP contribution in [-0.2, 0) is 20.7 Å². The monoisotopic (exact) mass is 534 g/mol. The highest BCUT2D eigenvalue weighted by Gasteiger charge is 2.20. The van der Waals surface area contributed by atoms with Gasteiger partial charge in [-0.25, -0.2) is 4.79 Å². The summed E-state index contributed by atoms with van der Waals surface area (Å²) >= 11 is 3.60. The Bertz CT molecular complexity index is 1120. The van der Waals surface area contributed by atoms with E-state index in [0.717, 1.165) is 26.9 Å². The minimum absolute atomic E-state index is 0.328. The number of hydrogen-bond acceptors (Lipinski definition) is 4. The zero-order valence-corrected chi connectivity index (χ0v) is 21.7. The second-order valence-electron chi connectivity index (χ2n) is 7.82. The van der Waals surface area contributed by atoms with Gasteiger partial charge in [0.15, 0.2) is 6.10 Å². The number of benzene rings is 3. The highest BCUT2D eigenvalue weighted by atomic mass is 79.9. The fourth-order valence-electron chi connectivity index (χ4n) is 3.50. The third kappa shape index (κ3) is 9.19. The summed E-state index contributed by atoms with van der Waals surface area (Å²) in [4.78, 5) is 12.1. The molecule has 3 aromatic rings. The van der Waals surface area contributed by atoms with Crippen molar-refractivity contribution >= 4 is 40.1 Å². The first-order chi connectivity index (χ1) is 17.1. The van der Waals surface area contributed by atoms with E-state index in [1.165, 1.54) is 5.56 Å². The van der Waals surface area contributed by atoms with Gasteiger partial charge in [-0.05, 0) is 72.5 Å². The number of halogens is 1. The summed E-state index contributed by atoms with van der Waals surface area (Å²) in [6, 6.07) is 24.2. The maximum absolute atomic E-state index is 12.1. The Labute approximate surface area is 216 Å². The zero-order chi connectivity index (χ0) is 24.9. The lowest BCUT2D eigenvalue weighted by Crippen LogP contribution is -2.28. The third-order valence-electron chi connectivity index (χ3n) is 5.13. The molecular formula is C30H31BrO4. The molecular weight excluding hydrogens is 504 g/mol. The van der Waals surface area contributed by atoms with Crippen LogP contribution in [-0.4, -0.2) is 31.9 Å². The van der Waals surface area contributed by atoms with Crippen LogP contribution in [0, 0.1) is 0 Å². The average Bonchev–Trinajstić information content (AvgIpc) is 2.86. The number of ether oxygens (including phenoxy) is 3. The molecule has 0 unspecified atom stereocenters. The number of rotatable bonds is 12. The molecule has 0 radical (unpaired) electrons. The lowest BCUT2D eigenvalue weighted by Gasteiger charge is -2.15. The van der Waals surface area contributed by atoms with Crippen molar-refractivity contribution in [2.75, 3.05) is 19.8 Å². The first-order valence-corrected chi connectivity index (χ1v) is 12.6. The molecule has 4 nitrogen and oxygen atoms in total. The molecule has 3 aromatic carbocycles. The van der Waals surface area contributed by atoms with Gasteiger partial charge in [-0.1, -0.05) is 76.6 Å². The maximum Gasteiger partial charge on any atom is 0.335 e. The molecule has 0 fully saturated rings. The Morgan fingerprint density at radius 3 is 2.23 bits per heavy atom. The minimum atomic E-state index is -0.590. The molecule has 0 aliphatic rings. The molecule has 3 rings (SSSR count). The van der Waals surface area contributed by atoms with E-state index in [4.69, 9.17) is 14.2 Å². The molecule has 0 aliphatic carbocycles. The van der Waals surface area contributed by atoms with E-state index >= 15 is 0 Å². The summed E-state index contributed by atoms with van der Waals surface area (Å²) in [6.07, 6.45) is 8.12. The van der Waals surface area contributed by atoms with Gasteiger partial charge in [-0.15, -0.1) is 0 Å². The van der Waals surface area contributed by atoms with Gasteiger partial charge in [0, 0.05) is 17.5 Å². The minimum Gasteiger partial charge on any atom is -0.490 e. The van der Waals surface area contributed by atoms with Gasteiger partial charge in [-0.2, -0.15) is 0 Å². The standard InChI is InChI=1S/C30H31BrO4/c1-3-33-29(30(32)34-4-2)22-24-14-16-28(17-15-24)35-18-8-11-25-19-26(21-27(31)20-25)13-12-23-9-6-5-7-10-23/h5-17,19-21,29H,3-4,18,22H2,1-2H3/t29-/m0/s1. The number of carbonyl (C=O) groups is 1. The molecule has 0 aliphatic heterocycles. The zero-order valence-electron chi connectivity index (χ0n) is 20.2. The van der Waals surface area contributed by atoms with Gasteiger partial charge in [-0.3, -0.25) is 0 Å². The van der Waals surface area contributed by atoms with Crippen LogP contribution < -0.4 is 4.74 Å². The van der Waals surface area contributed by atoms with E-state index in [1.807, 2.05) is 61.5 Å². The smallest absolute Gasteiger partial charge is 0.335 e. The molecule has 0 saturated heterocycles.